The fraction of sp³-hybridized carbons (Fsp3) is 0.280. The molecule has 10 rings (SSSR count). The van der Waals surface area contributed by atoms with Crippen LogP contribution >= 0.6 is 15.9 Å². The van der Waals surface area contributed by atoms with Crippen LogP contribution in [0.25, 0.3) is 44.1 Å². The average molecular weight is 1050 g/mol. The van der Waals surface area contributed by atoms with Gasteiger partial charge in [0.15, 0.2) is 0 Å². The maximum atomic E-state index is 13.4. The number of hydrogen-bond donors (Lipinski definition) is 4. The molecule has 8 aromatic rings. The second kappa shape index (κ2) is 22.1. The van der Waals surface area contributed by atoms with E-state index in [1.54, 1.807) is 53.3 Å². The van der Waals surface area contributed by atoms with Gasteiger partial charge >= 0.3 is 12.4 Å². The van der Waals surface area contributed by atoms with E-state index in [4.69, 9.17) is 5.10 Å². The highest BCUT2D eigenvalue weighted by molar-refractivity contribution is 9.09. The molecule has 4 aromatic carbocycles. The summed E-state index contributed by atoms with van der Waals surface area (Å²) in [6, 6.07) is 29.5. The number of rotatable bonds is 12. The number of nitrogens with zero attached hydrogens (tertiary/aromatic N) is 6. The third-order valence-corrected chi connectivity index (χ3v) is 11.9. The van der Waals surface area contributed by atoms with Crippen molar-refractivity contribution in [3.05, 3.63) is 154 Å². The Balaban J connectivity index is 0.000000182. The summed E-state index contributed by atoms with van der Waals surface area (Å²) < 4.78 is 72.9. The molecule has 2 aliphatic carbocycles. The van der Waals surface area contributed by atoms with Crippen LogP contribution in [0.5, 0.6) is 0 Å². The number of aryl methyl sites for hydroxylation is 1. The van der Waals surface area contributed by atoms with Crippen LogP contribution < -0.4 is 21.8 Å². The number of amides is 2. The lowest BCUT2D eigenvalue weighted by molar-refractivity contribution is -0.137. The molecule has 0 radical (unpaired) electrons. The Labute approximate surface area is 410 Å². The van der Waals surface area contributed by atoms with Gasteiger partial charge in [-0.1, -0.05) is 84.0 Å². The van der Waals surface area contributed by atoms with E-state index in [1.807, 2.05) is 54.6 Å². The molecule has 0 aliphatic heterocycles. The van der Waals surface area contributed by atoms with Crippen LogP contribution in [0.1, 0.15) is 72.7 Å². The SMILES string of the molecule is C.FC(F)(F)CCBr.O=C(Nc1ccc(-c2n[nH]c(=O)c3ccccc23)cc1)c1cnn(CCC(F)(F)F)c1.O=C(Nc1ccc(-c2nn(C(C3CC3)C3CC3)c(=O)c3ccccc23)cc1)c1cn[nH]c1. The first kappa shape index (κ1) is 51.4. The number of fused-ring (bicyclic) bond motifs is 2. The molecular weight excluding hydrogens is 999 g/mol. The molecular formula is C50H47BrF6N10O4. The molecule has 0 saturated heterocycles. The van der Waals surface area contributed by atoms with Gasteiger partial charge in [-0.25, -0.2) is 9.78 Å². The van der Waals surface area contributed by atoms with Gasteiger partial charge in [0.05, 0.1) is 64.6 Å². The molecule has 14 nitrogen and oxygen atoms in total. The fourth-order valence-electron chi connectivity index (χ4n) is 7.77. The highest BCUT2D eigenvalue weighted by Crippen LogP contribution is 2.51. The first-order valence-corrected chi connectivity index (χ1v) is 23.2. The Hall–Kier alpha value is -7.42. The van der Waals surface area contributed by atoms with Gasteiger partial charge in [0, 0.05) is 57.5 Å². The lowest BCUT2D eigenvalue weighted by atomic mass is 10.0. The normalized spacial score (nSPS) is 13.4. The van der Waals surface area contributed by atoms with E-state index in [1.165, 1.54) is 44.3 Å². The van der Waals surface area contributed by atoms with Crippen LogP contribution in [-0.4, -0.2) is 69.5 Å². The second-order valence-electron chi connectivity index (χ2n) is 16.7. The van der Waals surface area contributed by atoms with Crippen LogP contribution in [-0.2, 0) is 6.54 Å². The molecule has 21 heteroatoms. The number of carbonyl (C=O) groups excluding carboxylic acids is 2. The quantitative estimate of drug-likeness (QED) is 0.0688. The topological polar surface area (TPSA) is 185 Å². The van der Waals surface area contributed by atoms with E-state index >= 15 is 0 Å². The van der Waals surface area contributed by atoms with Crippen molar-refractivity contribution in [2.45, 2.75) is 70.9 Å². The van der Waals surface area contributed by atoms with Gasteiger partial charge in [-0.05, 0) is 73.9 Å². The predicted octanol–water partition coefficient (Wildman–Crippen LogP) is 11.4. The Morgan fingerprint density at radius 3 is 1.72 bits per heavy atom. The number of halogens is 7. The zero-order valence-electron chi connectivity index (χ0n) is 36.9. The molecule has 2 fully saturated rings. The van der Waals surface area contributed by atoms with E-state index in [2.05, 4.69) is 52.1 Å². The van der Waals surface area contributed by atoms with Crippen molar-refractivity contribution in [3.63, 3.8) is 0 Å². The smallest absolute Gasteiger partial charge is 0.322 e. The number of nitrogens with one attached hydrogen (secondary N) is 4. The van der Waals surface area contributed by atoms with Gasteiger partial charge in [0.1, 0.15) is 0 Å². The molecule has 0 spiro atoms. The summed E-state index contributed by atoms with van der Waals surface area (Å²) in [7, 11) is 0. The molecule has 4 N–H and O–H groups in total. The van der Waals surface area contributed by atoms with Gasteiger partial charge < -0.3 is 10.6 Å². The van der Waals surface area contributed by atoms with Crippen LogP contribution in [0, 0.1) is 11.8 Å². The Bertz CT molecular complexity index is 3210. The molecule has 2 aliphatic rings. The lowest BCUT2D eigenvalue weighted by Gasteiger charge is -2.20. The van der Waals surface area contributed by atoms with E-state index in [0.29, 0.717) is 50.6 Å². The number of aromatic nitrogens is 8. The lowest BCUT2D eigenvalue weighted by Crippen LogP contribution is -2.30. The highest BCUT2D eigenvalue weighted by atomic mass is 79.9. The van der Waals surface area contributed by atoms with Gasteiger partial charge in [-0.3, -0.25) is 29.0 Å². The zero-order valence-corrected chi connectivity index (χ0v) is 38.5. The monoisotopic (exact) mass is 1040 g/mol. The van der Waals surface area contributed by atoms with Crippen molar-refractivity contribution in [1.29, 1.82) is 0 Å². The standard InChI is InChI=1S/C25H23N5O2.C21H16F3N5O2.C3H4BrF3.CH4/c31-24(18-13-26-27-14-18)28-19-11-9-15(10-12-19)22-20-3-1-2-4-21(20)25(32)30(29-22)23(16-5-6-16)17-7-8-17;22-21(23,24)9-10-29-12-14(11-25-29)19(30)26-15-7-5-13(6-8-15)18-16-3-1-2-4-17(16)20(31)28-27-18;4-2-1-3(5,6)7;/h1-4,9-14,16-17,23H,5-8H2,(H,26,27)(H,28,31);1-8,11-12H,9-10H2,(H,26,30)(H,28,31);1-2H2;1H4. The van der Waals surface area contributed by atoms with E-state index in [9.17, 15) is 45.5 Å². The van der Waals surface area contributed by atoms with Crippen LogP contribution in [0.3, 0.4) is 0 Å². The molecule has 2 amide bonds. The summed E-state index contributed by atoms with van der Waals surface area (Å²) in [5, 5.41) is 30.1. The Morgan fingerprint density at radius 1 is 0.690 bits per heavy atom. The van der Waals surface area contributed by atoms with Crippen molar-refractivity contribution >= 4 is 60.7 Å². The first-order valence-electron chi connectivity index (χ1n) is 22.1. The second-order valence-corrected chi connectivity index (χ2v) is 17.5. The largest absolute Gasteiger partial charge is 0.390 e. The summed E-state index contributed by atoms with van der Waals surface area (Å²) in [6.07, 6.45) is 0.208. The summed E-state index contributed by atoms with van der Waals surface area (Å²) in [5.74, 6) is 0.434. The molecule has 370 valence electrons. The molecule has 4 heterocycles. The van der Waals surface area contributed by atoms with E-state index in [-0.39, 0.29) is 47.9 Å². The summed E-state index contributed by atoms with van der Waals surface area (Å²) >= 11 is 2.67. The van der Waals surface area contributed by atoms with E-state index in [0.717, 1.165) is 26.9 Å². The number of H-pyrrole nitrogens is 2. The number of hydrogen-bond acceptors (Lipinski definition) is 8. The number of carbonyl (C=O) groups is 2. The Kier molecular flexibility index (Phi) is 16.0. The summed E-state index contributed by atoms with van der Waals surface area (Å²) in [6.45, 7) is -0.356. The molecule has 4 aromatic heterocycles. The van der Waals surface area contributed by atoms with Crippen molar-refractivity contribution in [3.8, 4) is 22.5 Å². The number of anilines is 2. The molecule has 71 heavy (non-hydrogen) atoms. The van der Waals surface area contributed by atoms with Crippen molar-refractivity contribution < 1.29 is 35.9 Å². The molecule has 0 bridgehead atoms. The van der Waals surface area contributed by atoms with E-state index < -0.39 is 31.1 Å². The maximum absolute atomic E-state index is 13.4. The van der Waals surface area contributed by atoms with Crippen molar-refractivity contribution in [1.82, 2.24) is 40.0 Å². The maximum Gasteiger partial charge on any atom is 0.390 e. The van der Waals surface area contributed by atoms with Gasteiger partial charge in [0.2, 0.25) is 0 Å². The molecule has 0 unspecified atom stereocenters. The first-order chi connectivity index (χ1) is 33.5. The van der Waals surface area contributed by atoms with Crippen molar-refractivity contribution in [2.24, 2.45) is 11.8 Å². The summed E-state index contributed by atoms with van der Waals surface area (Å²) in [5.41, 5.74) is 4.60. The minimum Gasteiger partial charge on any atom is -0.322 e. The minimum atomic E-state index is -4.29. The average Bonchev–Trinajstić information content (AvgIpc) is 4.25. The number of alkyl halides is 7. The predicted molar refractivity (Wildman–Crippen MR) is 262 cm³/mol. The van der Waals surface area contributed by atoms with Gasteiger partial charge in [0.25, 0.3) is 22.9 Å². The highest BCUT2D eigenvalue weighted by Gasteiger charge is 2.44. The third-order valence-electron chi connectivity index (χ3n) is 11.5. The van der Waals surface area contributed by atoms with Gasteiger partial charge in [-0.2, -0.15) is 46.7 Å². The van der Waals surface area contributed by atoms with Crippen LogP contribution in [0.2, 0.25) is 0 Å². The third kappa shape index (κ3) is 13.3. The van der Waals surface area contributed by atoms with Gasteiger partial charge in [-0.15, -0.1) is 0 Å². The van der Waals surface area contributed by atoms with Crippen LogP contribution in [0.4, 0.5) is 37.7 Å². The number of benzene rings is 4. The number of aromatic amines is 2. The Morgan fingerprint density at radius 2 is 1.21 bits per heavy atom. The zero-order chi connectivity index (χ0) is 49.6. The molecule has 2 saturated carbocycles. The van der Waals surface area contributed by atoms with Crippen LogP contribution in [0.15, 0.2) is 131 Å². The fourth-order valence-corrected chi connectivity index (χ4v) is 8.22. The summed E-state index contributed by atoms with van der Waals surface area (Å²) in [4.78, 5) is 49.9. The van der Waals surface area contributed by atoms with Crippen molar-refractivity contribution in [2.75, 3.05) is 16.0 Å². The minimum absolute atomic E-state index is 0. The molecule has 0 atom stereocenters.